The van der Waals surface area contributed by atoms with Gasteiger partial charge in [-0.05, 0) is 0 Å². The average Bonchev–Trinajstić information content (AvgIpc) is 2.26. The van der Waals surface area contributed by atoms with Gasteiger partial charge in [-0.25, -0.2) is 0 Å². The van der Waals surface area contributed by atoms with E-state index in [4.69, 9.17) is 5.11 Å². The molecule has 8 heteroatoms. The molecule has 84 valence electrons. The second-order valence-electron chi connectivity index (χ2n) is 2.77. The Kier molecular flexibility index (Phi) is 7.73. The topological polar surface area (TPSA) is 100 Å². The number of aliphatic hydroxyl groups excluding tert-OH is 2. The zero-order valence-electron chi connectivity index (χ0n) is 7.74. The molecule has 0 aromatic carbocycles. The van der Waals surface area contributed by atoms with Gasteiger partial charge in [-0.1, -0.05) is 0 Å². The summed E-state index contributed by atoms with van der Waals surface area (Å²) in [5, 5.41) is 17.9. The fourth-order valence-corrected chi connectivity index (χ4v) is 1.55. The molecular weight excluding hydrogens is 243 g/mol. The second-order valence-corrected chi connectivity index (χ2v) is 3.77. The van der Waals surface area contributed by atoms with Crippen molar-refractivity contribution in [2.45, 2.75) is 12.5 Å². The summed E-state index contributed by atoms with van der Waals surface area (Å²) in [6.45, 7) is -0.635. The Hall–Kier alpha value is -0.310. The predicted octanol–water partition coefficient (Wildman–Crippen LogP) is -2.22. The normalized spacial score (nSPS) is 11.4. The summed E-state index contributed by atoms with van der Waals surface area (Å²) in [6, 6.07) is 0. The zero-order chi connectivity index (χ0) is 11.3. The van der Waals surface area contributed by atoms with Crippen LogP contribution in [0.1, 0.15) is 5.69 Å². The molecule has 0 radical (unpaired) electrons. The fourth-order valence-electron chi connectivity index (χ4n) is 0.989. The molecule has 0 aliphatic rings. The molecule has 0 aliphatic heterocycles. The van der Waals surface area contributed by atoms with E-state index in [-0.39, 0.29) is 40.8 Å². The number of hydrogen-bond acceptors (Lipinski definition) is 6. The second kappa shape index (κ2) is 7.88. The van der Waals surface area contributed by atoms with Crippen LogP contribution in [-0.4, -0.2) is 75.7 Å². The maximum absolute atomic E-state index is 10.7. The Balaban J connectivity index is 0.00000225. The molecule has 0 amide bonds. The van der Waals surface area contributed by atoms with Crippen molar-refractivity contribution in [1.29, 1.82) is 0 Å². The van der Waals surface area contributed by atoms with Crippen molar-refractivity contribution >= 4 is 44.7 Å². The first-order chi connectivity index (χ1) is 7.15. The van der Waals surface area contributed by atoms with Gasteiger partial charge in [0.2, 0.25) is 10.3 Å². The molecule has 1 rings (SSSR count). The van der Waals surface area contributed by atoms with Gasteiger partial charge in [0.1, 0.15) is 6.10 Å². The first-order valence-electron chi connectivity index (χ1n) is 4.14. The van der Waals surface area contributed by atoms with Gasteiger partial charge in [-0.2, -0.15) is 8.42 Å². The molecule has 1 aromatic rings. The summed E-state index contributed by atoms with van der Waals surface area (Å²) >= 11 is 0. The minimum absolute atomic E-state index is 0. The third-order valence-corrected chi connectivity index (χ3v) is 2.58. The summed E-state index contributed by atoms with van der Waals surface area (Å²) in [5.74, 6) is 0. The van der Waals surface area contributed by atoms with Crippen molar-refractivity contribution in [3.63, 3.8) is 0 Å². The van der Waals surface area contributed by atoms with E-state index in [0.29, 0.717) is 5.69 Å². The Morgan fingerprint density at radius 2 is 2.12 bits per heavy atom. The average molecular weight is 254 g/mol. The molecule has 1 atom stereocenters. The molecule has 1 unspecified atom stereocenters. The van der Waals surface area contributed by atoms with Crippen LogP contribution in [0.25, 0.3) is 0 Å². The molecule has 6 nitrogen and oxygen atoms in total. The van der Waals surface area contributed by atoms with E-state index in [2.05, 4.69) is 9.97 Å². The molecule has 0 saturated carbocycles. The predicted molar refractivity (Wildman–Crippen MR) is 59.9 cm³/mol. The summed E-state index contributed by atoms with van der Waals surface area (Å²) < 4.78 is 21.5. The van der Waals surface area contributed by atoms with Crippen LogP contribution in [0, 0.1) is 0 Å². The molecule has 0 bridgehead atoms. The van der Waals surface area contributed by atoms with Crippen LogP contribution in [-0.2, 0) is 16.7 Å². The van der Waals surface area contributed by atoms with E-state index >= 15 is 0 Å². The quantitative estimate of drug-likeness (QED) is 0.466. The van der Waals surface area contributed by atoms with Crippen LogP contribution < -0.4 is 0 Å². The Bertz CT molecular complexity index is 440. The number of rotatable bonds is 4. The number of hydrogen-bond donors (Lipinski definition) is 2. The van der Waals surface area contributed by atoms with Crippen molar-refractivity contribution in [3.05, 3.63) is 24.3 Å². The SMILES string of the molecule is O=S(=O)=C(Cc1cnccn1)C(O)CO.[NaH]. The van der Waals surface area contributed by atoms with E-state index in [1.165, 1.54) is 18.6 Å². The van der Waals surface area contributed by atoms with Crippen molar-refractivity contribution in [1.82, 2.24) is 9.97 Å². The van der Waals surface area contributed by atoms with Gasteiger partial charge in [-0.15, -0.1) is 0 Å². The number of nitrogens with zero attached hydrogens (tertiary/aromatic N) is 2. The summed E-state index contributed by atoms with van der Waals surface area (Å²) in [6.07, 6.45) is 2.85. The monoisotopic (exact) mass is 254 g/mol. The van der Waals surface area contributed by atoms with Gasteiger partial charge >= 0.3 is 29.6 Å². The Morgan fingerprint density at radius 1 is 1.44 bits per heavy atom. The molecule has 1 aromatic heterocycles. The van der Waals surface area contributed by atoms with Crippen molar-refractivity contribution < 1.29 is 18.6 Å². The number of aliphatic hydroxyl groups is 2. The molecular formula is C8H11N2NaO4S. The van der Waals surface area contributed by atoms with Gasteiger partial charge < -0.3 is 10.2 Å². The molecule has 0 spiro atoms. The van der Waals surface area contributed by atoms with E-state index in [1.807, 2.05) is 0 Å². The molecule has 2 N–H and O–H groups in total. The van der Waals surface area contributed by atoms with Crippen LogP contribution in [0.2, 0.25) is 0 Å². The summed E-state index contributed by atoms with van der Waals surface area (Å²) in [7, 11) is -2.54. The Labute approximate surface area is 116 Å². The summed E-state index contributed by atoms with van der Waals surface area (Å²) in [4.78, 5) is 7.43. The first kappa shape index (κ1) is 15.7. The van der Waals surface area contributed by atoms with Crippen LogP contribution in [0.15, 0.2) is 18.6 Å². The molecule has 0 aliphatic carbocycles. The van der Waals surface area contributed by atoms with Crippen LogP contribution in [0.3, 0.4) is 0 Å². The van der Waals surface area contributed by atoms with Crippen molar-refractivity contribution in [2.75, 3.05) is 6.61 Å². The summed E-state index contributed by atoms with van der Waals surface area (Å²) in [5.41, 5.74) is 0.421. The van der Waals surface area contributed by atoms with E-state index < -0.39 is 23.0 Å². The standard InChI is InChI=1S/C8H10N2O4S.Na.H/c11-5-7(12)8(15(13)14)3-6-4-9-1-2-10-6;;/h1-2,4,7,11-12H,3,5H2;;. The van der Waals surface area contributed by atoms with Crippen LogP contribution in [0.5, 0.6) is 0 Å². The zero-order valence-corrected chi connectivity index (χ0v) is 8.55. The maximum atomic E-state index is 10.7. The Morgan fingerprint density at radius 3 is 2.56 bits per heavy atom. The first-order valence-corrected chi connectivity index (χ1v) is 5.21. The molecule has 1 heterocycles. The van der Waals surface area contributed by atoms with Gasteiger partial charge in [0.25, 0.3) is 0 Å². The third-order valence-electron chi connectivity index (χ3n) is 1.73. The molecule has 16 heavy (non-hydrogen) atoms. The van der Waals surface area contributed by atoms with Gasteiger partial charge in [0.15, 0.2) is 0 Å². The fraction of sp³-hybridized carbons (Fsp3) is 0.375. The van der Waals surface area contributed by atoms with Gasteiger partial charge in [-0.3, -0.25) is 9.97 Å². The van der Waals surface area contributed by atoms with E-state index in [0.717, 1.165) is 0 Å². The van der Waals surface area contributed by atoms with Crippen LogP contribution >= 0.6 is 0 Å². The molecule has 0 saturated heterocycles. The minimum atomic E-state index is -2.54. The van der Waals surface area contributed by atoms with Gasteiger partial charge in [0, 0.05) is 25.0 Å². The third kappa shape index (κ3) is 4.69. The van der Waals surface area contributed by atoms with Crippen molar-refractivity contribution in [3.8, 4) is 0 Å². The van der Waals surface area contributed by atoms with E-state index in [1.54, 1.807) is 0 Å². The number of aromatic nitrogens is 2. The van der Waals surface area contributed by atoms with Crippen LogP contribution in [0.4, 0.5) is 0 Å². The van der Waals surface area contributed by atoms with Crippen molar-refractivity contribution in [2.24, 2.45) is 0 Å². The molecule has 0 fully saturated rings. The van der Waals surface area contributed by atoms with E-state index in [9.17, 15) is 13.5 Å². The van der Waals surface area contributed by atoms with Gasteiger partial charge in [0.05, 0.1) is 17.2 Å².